The summed E-state index contributed by atoms with van der Waals surface area (Å²) in [7, 11) is 1.92. The lowest BCUT2D eigenvalue weighted by molar-refractivity contribution is 0.236. The Morgan fingerprint density at radius 3 is 1.22 bits per heavy atom. The van der Waals surface area contributed by atoms with Crippen LogP contribution in [0.25, 0.3) is 56.9 Å². The van der Waals surface area contributed by atoms with Crippen molar-refractivity contribution < 1.29 is 20.1 Å². The molecular weight excluding hydrogens is 1430 g/mol. The molecule has 0 fully saturated rings. The summed E-state index contributed by atoms with van der Waals surface area (Å²) in [6.45, 7) is 66.9. The normalized spacial score (nSPS) is 13.5. The Bertz CT molecular complexity index is 4950. The summed E-state index contributed by atoms with van der Waals surface area (Å²) in [4.78, 5) is 50.7. The maximum atomic E-state index is 10.8. The third-order valence-electron chi connectivity index (χ3n) is 22.0. The molecule has 16 nitrogen and oxygen atoms in total. The maximum Gasteiger partial charge on any atom is 0.213 e. The van der Waals surface area contributed by atoms with E-state index in [1.807, 2.05) is 73.7 Å². The molecule has 0 spiro atoms. The minimum Gasteiger partial charge on any atom is -0.507 e. The molecule has 0 unspecified atom stereocenters. The third-order valence-corrected chi connectivity index (χ3v) is 22.3. The molecule has 2 aliphatic carbocycles. The van der Waals surface area contributed by atoms with Crippen LogP contribution in [0.1, 0.15) is 315 Å². The SMILES string of the molecule is CNc1nc(-c2ccc(C(C)(C)C)cc2)nc(C)c1C(C)C.Cc1nc(-c2c(O)cc3c(c2O)CCC3(C)C)nc(C)c1C(C)C.Cc1nc(-c2cc3c(cc2O)C(C)(C)CC3)nc(C)c1C(C)C.Cc1nc(-c2ccc(C(C)(C)C)cc2)nc(Cl)c1C(C)C.Cc1nc(-c2ccc(OCCC(C)(C)C)nc2)nc(C)c1C(C)C. The van der Waals surface area contributed by atoms with Gasteiger partial charge >= 0.3 is 0 Å². The van der Waals surface area contributed by atoms with Crippen molar-refractivity contribution in [1.82, 2.24) is 54.8 Å². The van der Waals surface area contributed by atoms with Crippen molar-refractivity contribution in [3.63, 3.8) is 0 Å². The van der Waals surface area contributed by atoms with Crippen LogP contribution in [0.3, 0.4) is 0 Å². The second-order valence-corrected chi connectivity index (χ2v) is 37.6. The zero-order chi connectivity index (χ0) is 84.9. The van der Waals surface area contributed by atoms with Crippen molar-refractivity contribution in [2.45, 2.75) is 298 Å². The second-order valence-electron chi connectivity index (χ2n) is 37.3. The van der Waals surface area contributed by atoms with Crippen LogP contribution in [0.4, 0.5) is 5.82 Å². The number of pyridine rings is 1. The predicted octanol–water partition coefficient (Wildman–Crippen LogP) is 24.9. The fourth-order valence-electron chi connectivity index (χ4n) is 15.8. The number of phenols is 3. The molecule has 0 saturated heterocycles. The lowest BCUT2D eigenvalue weighted by atomic mass is 9.85. The van der Waals surface area contributed by atoms with Gasteiger partial charge in [0.05, 0.1) is 12.2 Å². The Hall–Kier alpha value is -9.28. The summed E-state index contributed by atoms with van der Waals surface area (Å²) in [5.74, 6) is 7.18. The zero-order valence-electron chi connectivity index (χ0n) is 74.8. The minimum absolute atomic E-state index is 0.0307. The number of anilines is 1. The molecule has 4 N–H and O–H groups in total. The molecule has 0 bridgehead atoms. The van der Waals surface area contributed by atoms with Crippen LogP contribution in [-0.4, -0.2) is 83.8 Å². The van der Waals surface area contributed by atoms with Crippen molar-refractivity contribution in [1.29, 1.82) is 0 Å². The van der Waals surface area contributed by atoms with Crippen molar-refractivity contribution in [2.75, 3.05) is 19.0 Å². The van der Waals surface area contributed by atoms with Crippen LogP contribution >= 0.6 is 11.6 Å². The Labute approximate surface area is 687 Å². The highest BCUT2D eigenvalue weighted by atomic mass is 35.5. The highest BCUT2D eigenvalue weighted by Gasteiger charge is 2.36. The Kier molecular flexibility index (Phi) is 28.7. The molecule has 0 radical (unpaired) electrons. The number of hydrogen-bond acceptors (Lipinski definition) is 16. The van der Waals surface area contributed by atoms with E-state index in [4.69, 9.17) is 26.3 Å². The largest absolute Gasteiger partial charge is 0.507 e. The number of nitrogens with zero attached hydrogens (tertiary/aromatic N) is 11. The number of benzene rings is 4. The summed E-state index contributed by atoms with van der Waals surface area (Å²) in [6, 6.07) is 26.6. The smallest absolute Gasteiger partial charge is 0.213 e. The number of fused-ring (bicyclic) bond motifs is 2. The Balaban J connectivity index is 0.000000179. The molecule has 610 valence electrons. The van der Waals surface area contributed by atoms with E-state index in [-0.39, 0.29) is 44.3 Å². The maximum absolute atomic E-state index is 10.8. The molecule has 4 aromatic carbocycles. The van der Waals surface area contributed by atoms with Gasteiger partial charge in [0.1, 0.15) is 33.8 Å². The van der Waals surface area contributed by atoms with Gasteiger partial charge in [-0.1, -0.05) is 219 Å². The molecule has 0 atom stereocenters. The van der Waals surface area contributed by atoms with E-state index in [9.17, 15) is 15.3 Å². The van der Waals surface area contributed by atoms with Crippen molar-refractivity contribution in [3.05, 3.63) is 197 Å². The van der Waals surface area contributed by atoms with Gasteiger partial charge in [-0.3, -0.25) is 0 Å². The number of aromatic nitrogens is 11. The van der Waals surface area contributed by atoms with E-state index in [2.05, 4.69) is 271 Å². The molecule has 17 heteroatoms. The number of phenolic OH excluding ortho intramolecular Hbond substituents is 3. The van der Waals surface area contributed by atoms with Crippen LogP contribution in [0.5, 0.6) is 23.1 Å². The van der Waals surface area contributed by atoms with Gasteiger partial charge in [0, 0.05) is 92.7 Å². The highest BCUT2D eigenvalue weighted by Crippen LogP contribution is 2.50. The predicted molar refractivity (Wildman–Crippen MR) is 473 cm³/mol. The molecule has 2 aliphatic rings. The summed E-state index contributed by atoms with van der Waals surface area (Å²) in [6.07, 6.45) is 6.73. The molecule has 10 aromatic rings. The molecule has 12 rings (SSSR count). The van der Waals surface area contributed by atoms with Gasteiger partial charge in [-0.2, -0.15) is 0 Å². The first-order valence-electron chi connectivity index (χ1n) is 40.9. The van der Waals surface area contributed by atoms with Crippen LogP contribution < -0.4 is 10.1 Å². The third kappa shape index (κ3) is 21.6. The monoisotopic (exact) mass is 1560 g/mol. The van der Waals surface area contributed by atoms with E-state index >= 15 is 0 Å². The number of halogens is 1. The van der Waals surface area contributed by atoms with E-state index in [1.54, 1.807) is 12.3 Å². The molecule has 114 heavy (non-hydrogen) atoms. The van der Waals surface area contributed by atoms with E-state index in [0.29, 0.717) is 70.3 Å². The van der Waals surface area contributed by atoms with Crippen LogP contribution in [0, 0.1) is 60.8 Å². The molecule has 0 amide bonds. The summed E-state index contributed by atoms with van der Waals surface area (Å²) < 4.78 is 5.72. The minimum atomic E-state index is -0.0307. The van der Waals surface area contributed by atoms with Crippen molar-refractivity contribution in [2.24, 2.45) is 5.41 Å². The fourth-order valence-corrected chi connectivity index (χ4v) is 16.3. The number of aromatic hydroxyl groups is 3. The highest BCUT2D eigenvalue weighted by molar-refractivity contribution is 6.30. The zero-order valence-corrected chi connectivity index (χ0v) is 75.5. The lowest BCUT2D eigenvalue weighted by Gasteiger charge is -2.21. The van der Waals surface area contributed by atoms with Crippen LogP contribution in [-0.2, 0) is 34.5 Å². The van der Waals surface area contributed by atoms with Gasteiger partial charge in [0.25, 0.3) is 0 Å². The molecular formula is C97H131ClN12O4. The van der Waals surface area contributed by atoms with E-state index < -0.39 is 0 Å². The number of aryl methyl sites for hydroxylation is 9. The van der Waals surface area contributed by atoms with Gasteiger partial charge in [-0.15, -0.1) is 0 Å². The standard InChI is InChI=1S/C20H29N3O.C20H26N2O2.C20H26N2O.C19H27N3.C18H23ClN2/c1-13(2)18-14(3)22-19(23-15(18)4)16-8-9-17(21-12-16)24-11-10-20(5,6)7;1-10(2)16-11(3)21-19(22-12(16)4)17-15(23)9-14-13(18(17)24)7-8-20(14,5)6;1-11(2)18-12(3)21-19(22-13(18)4)15-9-14-7-8-20(5,6)16(14)10-17(15)23;1-12(2)16-13(3)21-17(22-18(16)20-7)14-8-10-15(11-9-14)19(4,5)6;1-11(2)15-12(3)20-17(21-16(15)19)13-7-9-14(10-8-13)18(4,5)6/h8-9,12-13H,10-11H2,1-7H3;9-10,23-24H,7-8H2,1-6H3;9-11,23H,7-8H2,1-6H3;8-12H,1-7H3,(H,20,21,22);7-11H,1-6H3. The summed E-state index contributed by atoms with van der Waals surface area (Å²) in [5.41, 5.74) is 25.6. The number of hydrogen-bond donors (Lipinski definition) is 4. The first-order chi connectivity index (χ1) is 52.9. The van der Waals surface area contributed by atoms with Gasteiger partial charge in [-0.25, -0.2) is 54.8 Å². The molecule has 6 heterocycles. The second kappa shape index (κ2) is 36.3. The summed E-state index contributed by atoms with van der Waals surface area (Å²) in [5, 5.41) is 35.7. The average Bonchev–Trinajstić information content (AvgIpc) is 1.63. The first kappa shape index (κ1) is 90.3. The van der Waals surface area contributed by atoms with E-state index in [0.717, 1.165) is 140 Å². The Morgan fingerprint density at radius 2 is 0.816 bits per heavy atom. The van der Waals surface area contributed by atoms with Crippen molar-refractivity contribution in [3.8, 4) is 80.1 Å². The lowest BCUT2D eigenvalue weighted by Crippen LogP contribution is -2.12. The van der Waals surface area contributed by atoms with Crippen LogP contribution in [0.15, 0.2) is 85.1 Å². The quantitative estimate of drug-likeness (QED) is 0.0743. The molecule has 6 aromatic heterocycles. The van der Waals surface area contributed by atoms with Gasteiger partial charge < -0.3 is 25.4 Å². The molecule has 0 saturated carbocycles. The van der Waals surface area contributed by atoms with Crippen LogP contribution in [0.2, 0.25) is 5.15 Å². The van der Waals surface area contributed by atoms with Crippen molar-refractivity contribution >= 4 is 17.4 Å². The van der Waals surface area contributed by atoms with Gasteiger partial charge in [0.15, 0.2) is 29.1 Å². The first-order valence-corrected chi connectivity index (χ1v) is 41.2. The number of rotatable bonds is 14. The molecule has 0 aliphatic heterocycles. The van der Waals surface area contributed by atoms with E-state index in [1.165, 1.54) is 38.9 Å². The average molecular weight is 1560 g/mol. The number of ether oxygens (including phenoxy) is 1. The topological polar surface area (TPSA) is 224 Å². The Morgan fingerprint density at radius 1 is 0.439 bits per heavy atom. The van der Waals surface area contributed by atoms with Gasteiger partial charge in [-0.05, 0) is 218 Å². The fraction of sp³-hybridized carbons (Fsp3) is 0.495. The van der Waals surface area contributed by atoms with Gasteiger partial charge in [0.2, 0.25) is 5.88 Å². The number of nitrogens with one attached hydrogen (secondary N) is 1. The summed E-state index contributed by atoms with van der Waals surface area (Å²) >= 11 is 6.33.